The van der Waals surface area contributed by atoms with Gasteiger partial charge in [-0.05, 0) is 19.4 Å². The SMILES string of the molecule is CCCNCCS(=O)(=O)NCc1ncc(CC)s1. The molecule has 0 aliphatic heterocycles. The van der Waals surface area contributed by atoms with E-state index >= 15 is 0 Å². The molecule has 0 aliphatic rings. The third kappa shape index (κ3) is 5.90. The third-order valence-corrected chi connectivity index (χ3v) is 4.83. The van der Waals surface area contributed by atoms with Gasteiger partial charge in [-0.15, -0.1) is 11.3 Å². The predicted molar refractivity (Wildman–Crippen MR) is 75.3 cm³/mol. The van der Waals surface area contributed by atoms with Crippen molar-refractivity contribution in [2.75, 3.05) is 18.8 Å². The summed E-state index contributed by atoms with van der Waals surface area (Å²) in [4.78, 5) is 5.35. The number of nitrogens with one attached hydrogen (secondary N) is 2. The van der Waals surface area contributed by atoms with Crippen LogP contribution in [0.1, 0.15) is 30.2 Å². The third-order valence-electron chi connectivity index (χ3n) is 2.37. The lowest BCUT2D eigenvalue weighted by molar-refractivity contribution is 0.576. The van der Waals surface area contributed by atoms with Crippen molar-refractivity contribution >= 4 is 21.4 Å². The van der Waals surface area contributed by atoms with Crippen LogP contribution in [0.2, 0.25) is 0 Å². The molecule has 0 bridgehead atoms. The Labute approximate surface area is 113 Å². The zero-order valence-corrected chi connectivity index (χ0v) is 12.5. The van der Waals surface area contributed by atoms with Crippen molar-refractivity contribution in [1.29, 1.82) is 0 Å². The van der Waals surface area contributed by atoms with Crippen LogP contribution in [0, 0.1) is 0 Å². The minimum atomic E-state index is -3.20. The molecule has 0 aliphatic carbocycles. The quantitative estimate of drug-likeness (QED) is 0.669. The summed E-state index contributed by atoms with van der Waals surface area (Å²) >= 11 is 1.55. The first-order valence-corrected chi connectivity index (χ1v) is 8.66. The molecular formula is C11H21N3O2S2. The topological polar surface area (TPSA) is 71.1 Å². The molecule has 0 fully saturated rings. The summed E-state index contributed by atoms with van der Waals surface area (Å²) in [7, 11) is -3.20. The van der Waals surface area contributed by atoms with Gasteiger partial charge in [-0.25, -0.2) is 18.1 Å². The van der Waals surface area contributed by atoms with Gasteiger partial charge in [0, 0.05) is 17.6 Å². The Hall–Kier alpha value is -0.500. The van der Waals surface area contributed by atoms with E-state index in [0.717, 1.165) is 24.4 Å². The second-order valence-electron chi connectivity index (χ2n) is 3.96. The molecule has 0 spiro atoms. The van der Waals surface area contributed by atoms with Crippen molar-refractivity contribution in [3.63, 3.8) is 0 Å². The molecule has 1 aromatic heterocycles. The lowest BCUT2D eigenvalue weighted by Crippen LogP contribution is -2.31. The molecule has 1 rings (SSSR count). The fraction of sp³-hybridized carbons (Fsp3) is 0.727. The number of aryl methyl sites for hydroxylation is 1. The zero-order chi connectivity index (χ0) is 13.4. The highest BCUT2D eigenvalue weighted by atomic mass is 32.2. The summed E-state index contributed by atoms with van der Waals surface area (Å²) in [5, 5.41) is 3.89. The molecular weight excluding hydrogens is 270 g/mol. The molecule has 0 radical (unpaired) electrons. The maximum atomic E-state index is 11.7. The minimum Gasteiger partial charge on any atom is -0.316 e. The molecule has 104 valence electrons. The van der Waals surface area contributed by atoms with E-state index in [1.54, 1.807) is 17.5 Å². The highest BCUT2D eigenvalue weighted by Gasteiger charge is 2.10. The van der Waals surface area contributed by atoms with E-state index in [0.29, 0.717) is 13.1 Å². The maximum absolute atomic E-state index is 11.7. The van der Waals surface area contributed by atoms with Crippen molar-refractivity contribution in [3.8, 4) is 0 Å². The van der Waals surface area contributed by atoms with Crippen molar-refractivity contribution in [2.45, 2.75) is 33.2 Å². The molecule has 0 atom stereocenters. The summed E-state index contributed by atoms with van der Waals surface area (Å²) in [6, 6.07) is 0. The average molecular weight is 291 g/mol. The van der Waals surface area contributed by atoms with Gasteiger partial charge in [0.1, 0.15) is 5.01 Å². The first-order chi connectivity index (χ1) is 8.57. The van der Waals surface area contributed by atoms with E-state index in [2.05, 4.69) is 21.9 Å². The predicted octanol–water partition coefficient (Wildman–Crippen LogP) is 1.12. The number of hydrogen-bond donors (Lipinski definition) is 2. The van der Waals surface area contributed by atoms with Crippen LogP contribution in [-0.4, -0.2) is 32.2 Å². The molecule has 0 amide bonds. The standard InChI is InChI=1S/C11H21N3O2S2/c1-3-5-12-6-7-18(15,16)14-9-11-13-8-10(4-2)17-11/h8,12,14H,3-7,9H2,1-2H3. The van der Waals surface area contributed by atoms with Crippen molar-refractivity contribution in [3.05, 3.63) is 16.1 Å². The van der Waals surface area contributed by atoms with Crippen molar-refractivity contribution in [2.24, 2.45) is 0 Å². The molecule has 0 saturated carbocycles. The maximum Gasteiger partial charge on any atom is 0.213 e. The normalized spacial score (nSPS) is 11.9. The van der Waals surface area contributed by atoms with Crippen LogP contribution in [0.15, 0.2) is 6.20 Å². The van der Waals surface area contributed by atoms with E-state index in [1.165, 1.54) is 4.88 Å². The Kier molecular flexibility index (Phi) is 6.77. The molecule has 0 unspecified atom stereocenters. The van der Waals surface area contributed by atoms with E-state index in [9.17, 15) is 8.42 Å². The number of aromatic nitrogens is 1. The van der Waals surface area contributed by atoms with Gasteiger partial charge >= 0.3 is 0 Å². The molecule has 5 nitrogen and oxygen atoms in total. The average Bonchev–Trinajstić information content (AvgIpc) is 2.80. The molecule has 7 heteroatoms. The van der Waals surface area contributed by atoms with E-state index < -0.39 is 10.0 Å². The Morgan fingerprint density at radius 2 is 2.11 bits per heavy atom. The number of rotatable bonds is 9. The first kappa shape index (κ1) is 15.6. The Bertz CT molecular complexity index is 443. The van der Waals surface area contributed by atoms with Gasteiger partial charge in [0.2, 0.25) is 10.0 Å². The molecule has 1 heterocycles. The van der Waals surface area contributed by atoms with Crippen LogP contribution in [-0.2, 0) is 23.0 Å². The minimum absolute atomic E-state index is 0.110. The second kappa shape index (κ2) is 7.83. The van der Waals surface area contributed by atoms with Gasteiger partial charge in [-0.3, -0.25) is 0 Å². The number of hydrogen-bond acceptors (Lipinski definition) is 5. The van der Waals surface area contributed by atoms with Crippen LogP contribution in [0.25, 0.3) is 0 Å². The molecule has 2 N–H and O–H groups in total. The highest BCUT2D eigenvalue weighted by Crippen LogP contribution is 2.13. The monoisotopic (exact) mass is 291 g/mol. The highest BCUT2D eigenvalue weighted by molar-refractivity contribution is 7.89. The Morgan fingerprint density at radius 3 is 2.72 bits per heavy atom. The van der Waals surface area contributed by atoms with E-state index in [4.69, 9.17) is 0 Å². The van der Waals surface area contributed by atoms with Crippen LogP contribution in [0.5, 0.6) is 0 Å². The summed E-state index contributed by atoms with van der Waals surface area (Å²) in [5.41, 5.74) is 0. The van der Waals surface area contributed by atoms with Gasteiger partial charge in [0.05, 0.1) is 12.3 Å². The van der Waals surface area contributed by atoms with Gasteiger partial charge in [0.25, 0.3) is 0 Å². The molecule has 0 aromatic carbocycles. The Balaban J connectivity index is 2.32. The smallest absolute Gasteiger partial charge is 0.213 e. The summed E-state index contributed by atoms with van der Waals surface area (Å²) in [6.07, 6.45) is 3.74. The van der Waals surface area contributed by atoms with E-state index in [-0.39, 0.29) is 5.75 Å². The summed E-state index contributed by atoms with van der Waals surface area (Å²) in [6.45, 7) is 5.73. The summed E-state index contributed by atoms with van der Waals surface area (Å²) in [5.74, 6) is 0.110. The molecule has 1 aromatic rings. The first-order valence-electron chi connectivity index (χ1n) is 6.19. The lowest BCUT2D eigenvalue weighted by Gasteiger charge is -2.05. The fourth-order valence-electron chi connectivity index (χ4n) is 1.35. The molecule has 18 heavy (non-hydrogen) atoms. The second-order valence-corrected chi connectivity index (χ2v) is 7.09. The van der Waals surface area contributed by atoms with Gasteiger partial charge in [-0.2, -0.15) is 0 Å². The van der Waals surface area contributed by atoms with Crippen LogP contribution in [0.4, 0.5) is 0 Å². The molecule has 0 saturated heterocycles. The Morgan fingerprint density at radius 1 is 1.33 bits per heavy atom. The summed E-state index contributed by atoms with van der Waals surface area (Å²) < 4.78 is 25.9. The van der Waals surface area contributed by atoms with Crippen LogP contribution in [0.3, 0.4) is 0 Å². The van der Waals surface area contributed by atoms with Gasteiger partial charge in [0.15, 0.2) is 0 Å². The number of sulfonamides is 1. The number of nitrogens with zero attached hydrogens (tertiary/aromatic N) is 1. The van der Waals surface area contributed by atoms with Gasteiger partial charge in [-0.1, -0.05) is 13.8 Å². The fourth-order valence-corrected chi connectivity index (χ4v) is 3.15. The largest absolute Gasteiger partial charge is 0.316 e. The van der Waals surface area contributed by atoms with Crippen molar-refractivity contribution < 1.29 is 8.42 Å². The van der Waals surface area contributed by atoms with E-state index in [1.807, 2.05) is 6.92 Å². The van der Waals surface area contributed by atoms with Crippen LogP contribution < -0.4 is 10.0 Å². The van der Waals surface area contributed by atoms with Crippen LogP contribution >= 0.6 is 11.3 Å². The zero-order valence-electron chi connectivity index (χ0n) is 10.9. The number of thiazole rings is 1. The lowest BCUT2D eigenvalue weighted by atomic mass is 10.4. The van der Waals surface area contributed by atoms with Gasteiger partial charge < -0.3 is 5.32 Å². The van der Waals surface area contributed by atoms with Crippen molar-refractivity contribution in [1.82, 2.24) is 15.0 Å².